The van der Waals surface area contributed by atoms with Crippen molar-refractivity contribution in [2.24, 2.45) is 0 Å². The second kappa shape index (κ2) is 24.0. The van der Waals surface area contributed by atoms with Gasteiger partial charge in [0, 0.05) is 18.3 Å². The van der Waals surface area contributed by atoms with Crippen LogP contribution < -0.4 is 0 Å². The second-order valence-electron chi connectivity index (χ2n) is 21.2. The average Bonchev–Trinajstić information content (AvgIpc) is 3.00. The van der Waals surface area contributed by atoms with Crippen LogP contribution in [0.5, 0.6) is 0 Å². The van der Waals surface area contributed by atoms with Gasteiger partial charge in [-0.25, -0.2) is 0 Å². The zero-order valence-corrected chi connectivity index (χ0v) is 56.3. The molecule has 0 aromatic carbocycles. The van der Waals surface area contributed by atoms with E-state index in [-0.39, 0.29) is 18.3 Å². The summed E-state index contributed by atoms with van der Waals surface area (Å²) in [4.78, 5) is 0. The molecule has 350 valence electrons. The van der Waals surface area contributed by atoms with E-state index in [1.807, 2.05) is 0 Å². The Morgan fingerprint density at radius 2 is 0.847 bits per heavy atom. The first-order valence-corrected chi connectivity index (χ1v) is 57.5. The molecule has 0 aliphatic carbocycles. The highest BCUT2D eigenvalue weighted by Crippen LogP contribution is 2.34. The second-order valence-corrected chi connectivity index (χ2v) is 65.5. The van der Waals surface area contributed by atoms with Gasteiger partial charge in [-0.05, 0) is 192 Å². The largest absolute Gasteiger partial charge is 0.456 e. The van der Waals surface area contributed by atoms with Crippen molar-refractivity contribution in [2.75, 3.05) is 0 Å². The number of hydrogen-bond donors (Lipinski definition) is 0. The van der Waals surface area contributed by atoms with Gasteiger partial charge in [0.05, 0.1) is 0 Å². The minimum atomic E-state index is -2.37. The fourth-order valence-corrected chi connectivity index (χ4v) is 70.5. The van der Waals surface area contributed by atoms with Crippen molar-refractivity contribution in [3.8, 4) is 0 Å². The molecule has 3 aliphatic rings. The van der Waals surface area contributed by atoms with Crippen molar-refractivity contribution in [1.82, 2.24) is 0 Å². The van der Waals surface area contributed by atoms with Crippen LogP contribution in [0.2, 0.25) is 171 Å². The highest BCUT2D eigenvalue weighted by Gasteiger charge is 2.44. The van der Waals surface area contributed by atoms with E-state index in [0.717, 1.165) is 66.5 Å². The molecule has 12 nitrogen and oxygen atoms in total. The smallest absolute Gasteiger partial charge is 0.312 e. The Balaban J connectivity index is 1.47. The standard InChI is InChI=1S/C33H90O12Si14/c1-31-28-46(4)37-48(6)39-51(34-31)20-23-54(9,10)43-55(11,12)24-21-53-36-33(3)30-59(19,42-50(8)41-53)27-26-57(15,16)45-58(17,18)44-56(13,14)25-22-52-35-32(2)29-47(5)38-49(7)40-52/h31-33,46-53H,20-30H2,1-19H3. The molecule has 0 spiro atoms. The third-order valence-electron chi connectivity index (χ3n) is 11.3. The minimum absolute atomic E-state index is 0.143. The molecule has 0 saturated carbocycles. The molecule has 0 aromatic rings. The van der Waals surface area contributed by atoms with Gasteiger partial charge in [-0.3, -0.25) is 0 Å². The Bertz CT molecular complexity index is 1220. The van der Waals surface area contributed by atoms with E-state index in [4.69, 9.17) is 50.3 Å². The fraction of sp³-hybridized carbons (Fsp3) is 1.00. The zero-order chi connectivity index (χ0) is 44.6. The van der Waals surface area contributed by atoms with E-state index in [0.29, 0.717) is 0 Å². The van der Waals surface area contributed by atoms with Crippen molar-refractivity contribution in [1.29, 1.82) is 0 Å². The molecular weight excluding hydrogens is 982 g/mol. The van der Waals surface area contributed by atoms with Gasteiger partial charge in [0.15, 0.2) is 59.7 Å². The van der Waals surface area contributed by atoms with E-state index >= 15 is 0 Å². The lowest BCUT2D eigenvalue weighted by atomic mass is 10.5. The quantitative estimate of drug-likeness (QED) is 0.128. The Labute approximate surface area is 381 Å². The predicted octanol–water partition coefficient (Wildman–Crippen LogP) is 7.41. The summed E-state index contributed by atoms with van der Waals surface area (Å²) in [7, 11) is -25.2. The van der Waals surface area contributed by atoms with E-state index in [2.05, 4.69) is 126 Å². The van der Waals surface area contributed by atoms with Gasteiger partial charge in [-0.15, -0.1) is 0 Å². The first-order valence-electron chi connectivity index (χ1n) is 22.9. The average molecular weight is 1070 g/mol. The maximum Gasteiger partial charge on any atom is 0.312 e. The molecule has 59 heavy (non-hydrogen) atoms. The first-order chi connectivity index (χ1) is 26.9. The summed E-state index contributed by atoms with van der Waals surface area (Å²) in [6, 6.07) is 11.5. The van der Waals surface area contributed by atoms with Crippen LogP contribution in [-0.2, 0) is 50.3 Å². The van der Waals surface area contributed by atoms with Gasteiger partial charge in [-0.1, -0.05) is 0 Å². The molecule has 0 aromatic heterocycles. The molecule has 0 amide bonds. The molecule has 12 atom stereocenters. The van der Waals surface area contributed by atoms with Crippen LogP contribution in [0.15, 0.2) is 0 Å². The van der Waals surface area contributed by atoms with E-state index in [1.54, 1.807) is 0 Å². The molecule has 3 saturated heterocycles. The van der Waals surface area contributed by atoms with Crippen molar-refractivity contribution in [3.05, 3.63) is 0 Å². The predicted molar refractivity (Wildman–Crippen MR) is 280 cm³/mol. The highest BCUT2D eigenvalue weighted by atomic mass is 28.5. The zero-order valence-electron chi connectivity index (χ0n) is 41.0. The third kappa shape index (κ3) is 22.7. The maximum atomic E-state index is 7.11. The lowest BCUT2D eigenvalue weighted by Gasteiger charge is -2.42. The summed E-state index contributed by atoms with van der Waals surface area (Å²) in [5, 5.41) is 0. The lowest BCUT2D eigenvalue weighted by molar-refractivity contribution is 0.181. The molecule has 3 rings (SSSR count). The van der Waals surface area contributed by atoms with E-state index in [1.165, 1.54) is 0 Å². The molecule has 3 heterocycles. The van der Waals surface area contributed by atoms with Crippen molar-refractivity contribution in [3.63, 3.8) is 0 Å². The molecule has 0 radical (unpaired) electrons. The van der Waals surface area contributed by atoms with Gasteiger partial charge in [0.25, 0.3) is 27.9 Å². The molecule has 3 aliphatic heterocycles. The van der Waals surface area contributed by atoms with Crippen LogP contribution in [0, 0.1) is 0 Å². The summed E-state index contributed by atoms with van der Waals surface area (Å²) in [6.45, 7) is 43.6. The van der Waals surface area contributed by atoms with Gasteiger partial charge < -0.3 is 50.3 Å². The Hall–Kier alpha value is 2.56. The summed E-state index contributed by atoms with van der Waals surface area (Å²) in [6.07, 6.45) is 0.632. The third-order valence-corrected chi connectivity index (χ3v) is 60.9. The van der Waals surface area contributed by atoms with Gasteiger partial charge in [0.2, 0.25) is 0 Å². The molecule has 26 heteroatoms. The monoisotopic (exact) mass is 1070 g/mol. The Morgan fingerprint density at radius 3 is 1.27 bits per heavy atom. The van der Waals surface area contributed by atoms with Crippen LogP contribution >= 0.6 is 0 Å². The van der Waals surface area contributed by atoms with Crippen LogP contribution in [-0.4, -0.2) is 142 Å². The summed E-state index contributed by atoms with van der Waals surface area (Å²) in [5.74, 6) is 0. The molecule has 0 bridgehead atoms. The van der Waals surface area contributed by atoms with E-state index < -0.39 is 124 Å². The normalized spacial score (nSPS) is 35.5. The Kier molecular flexibility index (Phi) is 22.8. The SMILES string of the molecule is CC1C[SiH](C)O[SiH](C)O[SiH](CC[Si](C)(C)O[Si](C)(C)CC[SiH]2OC(C)C[Si](C)(CC[Si](C)(C)O[Si](C)(C)O[Si](C)(C)CC[SiH]3OC(C)C[SiH](C)O[SiH](C)O3)O[SiH](C)O2)O1. The summed E-state index contributed by atoms with van der Waals surface area (Å²) < 4.78 is 80.3. The van der Waals surface area contributed by atoms with Crippen LogP contribution in [0.1, 0.15) is 20.8 Å². The van der Waals surface area contributed by atoms with Crippen molar-refractivity contribution >= 4 is 124 Å². The molecule has 3 fully saturated rings. The molecular formula is C33H90O12Si14. The first kappa shape index (κ1) is 55.9. The van der Waals surface area contributed by atoms with Gasteiger partial charge in [0.1, 0.15) is 0 Å². The van der Waals surface area contributed by atoms with Crippen molar-refractivity contribution in [2.45, 2.75) is 210 Å². The minimum Gasteiger partial charge on any atom is -0.456 e. The lowest BCUT2D eigenvalue weighted by Crippen LogP contribution is -2.54. The van der Waals surface area contributed by atoms with Crippen LogP contribution in [0.25, 0.3) is 0 Å². The van der Waals surface area contributed by atoms with Crippen LogP contribution in [0.3, 0.4) is 0 Å². The number of hydrogen-bond acceptors (Lipinski definition) is 12. The Morgan fingerprint density at radius 1 is 0.492 bits per heavy atom. The van der Waals surface area contributed by atoms with Gasteiger partial charge >= 0.3 is 36.4 Å². The van der Waals surface area contributed by atoms with E-state index in [9.17, 15) is 0 Å². The van der Waals surface area contributed by atoms with Crippen molar-refractivity contribution < 1.29 is 50.3 Å². The topological polar surface area (TPSA) is 111 Å². The fourth-order valence-electron chi connectivity index (χ4n) is 9.36. The summed E-state index contributed by atoms with van der Waals surface area (Å²) in [5.41, 5.74) is 0. The highest BCUT2D eigenvalue weighted by molar-refractivity contribution is 6.89. The summed E-state index contributed by atoms with van der Waals surface area (Å²) >= 11 is 0. The number of rotatable bonds is 18. The van der Waals surface area contributed by atoms with Crippen LogP contribution in [0.4, 0.5) is 0 Å². The maximum absolute atomic E-state index is 7.11. The molecule has 12 unspecified atom stereocenters. The van der Waals surface area contributed by atoms with Gasteiger partial charge in [-0.2, -0.15) is 0 Å². The molecule has 0 N–H and O–H groups in total.